The first-order valence-corrected chi connectivity index (χ1v) is 6.96. The fraction of sp³-hybridized carbons (Fsp3) is 0.846. The van der Waals surface area contributed by atoms with Gasteiger partial charge >= 0.3 is 12.0 Å². The zero-order chi connectivity index (χ0) is 15.2. The van der Waals surface area contributed by atoms with Crippen LogP contribution in [0.15, 0.2) is 0 Å². The highest BCUT2D eigenvalue weighted by molar-refractivity contribution is 5.85. The first-order valence-electron chi connectivity index (χ1n) is 6.96. The van der Waals surface area contributed by atoms with E-state index in [-0.39, 0.29) is 18.7 Å². The van der Waals surface area contributed by atoms with Crippen molar-refractivity contribution < 1.29 is 24.5 Å². The van der Waals surface area contributed by atoms with E-state index >= 15 is 0 Å². The number of piperidine rings is 1. The van der Waals surface area contributed by atoms with Crippen molar-refractivity contribution in [3.8, 4) is 0 Å². The quantitative estimate of drug-likeness (QED) is 0.658. The third-order valence-corrected chi connectivity index (χ3v) is 3.74. The van der Waals surface area contributed by atoms with Crippen molar-refractivity contribution in [2.75, 3.05) is 26.3 Å². The summed E-state index contributed by atoms with van der Waals surface area (Å²) < 4.78 is 5.42. The number of nitrogens with one attached hydrogen (secondary N) is 1. The number of aliphatic hydroxyl groups is 1. The van der Waals surface area contributed by atoms with Crippen molar-refractivity contribution in [2.45, 2.75) is 44.8 Å². The zero-order valence-electron chi connectivity index (χ0n) is 12.1. The van der Waals surface area contributed by atoms with Crippen LogP contribution in [0.3, 0.4) is 0 Å². The summed E-state index contributed by atoms with van der Waals surface area (Å²) in [5.74, 6) is -1.03. The van der Waals surface area contributed by atoms with Gasteiger partial charge in [0, 0.05) is 13.1 Å². The van der Waals surface area contributed by atoms with Crippen LogP contribution >= 0.6 is 0 Å². The predicted octanol–water partition coefficient (Wildman–Crippen LogP) is 0.423. The van der Waals surface area contributed by atoms with E-state index in [1.54, 1.807) is 11.8 Å². The van der Waals surface area contributed by atoms with Gasteiger partial charge in [-0.05, 0) is 26.2 Å². The van der Waals surface area contributed by atoms with Gasteiger partial charge in [-0.15, -0.1) is 0 Å². The van der Waals surface area contributed by atoms with Gasteiger partial charge < -0.3 is 25.2 Å². The number of hydrogen-bond acceptors (Lipinski definition) is 4. The molecule has 1 aliphatic rings. The van der Waals surface area contributed by atoms with Crippen molar-refractivity contribution in [3.05, 3.63) is 0 Å². The summed E-state index contributed by atoms with van der Waals surface area (Å²) in [4.78, 5) is 24.8. The lowest BCUT2D eigenvalue weighted by atomic mass is 9.99. The number of urea groups is 1. The average Bonchev–Trinajstić information content (AvgIpc) is 2.45. The number of carboxylic acid groups (broad SMARTS) is 1. The molecule has 0 saturated carbocycles. The van der Waals surface area contributed by atoms with Crippen molar-refractivity contribution >= 4 is 12.0 Å². The normalized spacial score (nSPS) is 19.4. The van der Waals surface area contributed by atoms with E-state index in [1.165, 1.54) is 6.92 Å². The molecule has 1 heterocycles. The van der Waals surface area contributed by atoms with Gasteiger partial charge in [0.2, 0.25) is 0 Å². The molecule has 7 nitrogen and oxygen atoms in total. The third kappa shape index (κ3) is 4.35. The van der Waals surface area contributed by atoms with Crippen LogP contribution in [0.2, 0.25) is 0 Å². The van der Waals surface area contributed by atoms with Gasteiger partial charge in [0.1, 0.15) is 5.54 Å². The van der Waals surface area contributed by atoms with Crippen LogP contribution in [0.25, 0.3) is 0 Å². The third-order valence-electron chi connectivity index (χ3n) is 3.74. The first kappa shape index (κ1) is 16.7. The molecule has 1 fully saturated rings. The Morgan fingerprint density at radius 1 is 1.40 bits per heavy atom. The monoisotopic (exact) mass is 288 g/mol. The van der Waals surface area contributed by atoms with Crippen LogP contribution in [0.1, 0.15) is 33.1 Å². The van der Waals surface area contributed by atoms with Crippen LogP contribution in [0.5, 0.6) is 0 Å². The number of ether oxygens (including phenoxy) is 1. The number of rotatable bonds is 6. The molecule has 1 aliphatic heterocycles. The topological polar surface area (TPSA) is 99.1 Å². The van der Waals surface area contributed by atoms with E-state index in [1.807, 2.05) is 0 Å². The van der Waals surface area contributed by atoms with Crippen LogP contribution in [0, 0.1) is 0 Å². The molecule has 0 aromatic heterocycles. The Labute approximate surface area is 118 Å². The Bertz CT molecular complexity index is 342. The summed E-state index contributed by atoms with van der Waals surface area (Å²) in [6, 6.07) is -0.350. The van der Waals surface area contributed by atoms with Crippen molar-refractivity contribution in [2.24, 2.45) is 0 Å². The first-order chi connectivity index (χ1) is 9.42. The van der Waals surface area contributed by atoms with Crippen molar-refractivity contribution in [1.29, 1.82) is 0 Å². The largest absolute Gasteiger partial charge is 0.480 e. The SMILES string of the molecule is CCC(C)(NC(=O)N1CCC(OCCO)CC1)C(=O)O. The molecule has 1 rings (SSSR count). The second-order valence-corrected chi connectivity index (χ2v) is 5.20. The second kappa shape index (κ2) is 7.44. The summed E-state index contributed by atoms with van der Waals surface area (Å²) in [6.07, 6.45) is 1.78. The minimum absolute atomic E-state index is 0.00579. The van der Waals surface area contributed by atoms with Gasteiger partial charge in [0.15, 0.2) is 0 Å². The van der Waals surface area contributed by atoms with E-state index < -0.39 is 11.5 Å². The molecule has 0 aromatic carbocycles. The number of carbonyl (C=O) groups is 2. The summed E-state index contributed by atoms with van der Waals surface area (Å²) in [7, 11) is 0. The molecule has 1 unspecified atom stereocenters. The highest BCUT2D eigenvalue weighted by Gasteiger charge is 2.35. The number of aliphatic carboxylic acids is 1. The molecular formula is C13H24N2O5. The van der Waals surface area contributed by atoms with Crippen LogP contribution in [-0.2, 0) is 9.53 Å². The predicted molar refractivity (Wildman–Crippen MR) is 72.5 cm³/mol. The molecule has 0 aromatic rings. The smallest absolute Gasteiger partial charge is 0.329 e. The number of hydrogen-bond donors (Lipinski definition) is 3. The van der Waals surface area contributed by atoms with Gasteiger partial charge in [0.05, 0.1) is 19.3 Å². The van der Waals surface area contributed by atoms with Crippen molar-refractivity contribution in [3.63, 3.8) is 0 Å². The molecule has 3 N–H and O–H groups in total. The standard InChI is InChI=1S/C13H24N2O5/c1-3-13(2,11(17)18)14-12(19)15-6-4-10(5-7-15)20-9-8-16/h10,16H,3-9H2,1-2H3,(H,14,19)(H,17,18). The molecule has 1 atom stereocenters. The number of amides is 2. The molecule has 7 heteroatoms. The van der Waals surface area contributed by atoms with E-state index in [0.29, 0.717) is 39.0 Å². The maximum Gasteiger partial charge on any atom is 0.329 e. The summed E-state index contributed by atoms with van der Waals surface area (Å²) >= 11 is 0. The number of nitrogens with zero attached hydrogens (tertiary/aromatic N) is 1. The molecule has 2 amide bonds. The molecule has 116 valence electrons. The van der Waals surface area contributed by atoms with E-state index in [2.05, 4.69) is 5.32 Å². The Balaban J connectivity index is 2.45. The minimum Gasteiger partial charge on any atom is -0.480 e. The van der Waals surface area contributed by atoms with Gasteiger partial charge in [-0.3, -0.25) is 0 Å². The molecule has 0 aliphatic carbocycles. The molecule has 0 radical (unpaired) electrons. The number of carboxylic acids is 1. The summed E-state index contributed by atoms with van der Waals surface area (Å²) in [5, 5.41) is 20.4. The van der Waals surface area contributed by atoms with Gasteiger partial charge in [-0.2, -0.15) is 0 Å². The summed E-state index contributed by atoms with van der Waals surface area (Å²) in [6.45, 7) is 4.59. The Morgan fingerprint density at radius 2 is 2.00 bits per heavy atom. The van der Waals surface area contributed by atoms with E-state index in [0.717, 1.165) is 0 Å². The van der Waals surface area contributed by atoms with Crippen LogP contribution < -0.4 is 5.32 Å². The maximum atomic E-state index is 12.1. The molecule has 1 saturated heterocycles. The van der Waals surface area contributed by atoms with Crippen LogP contribution in [-0.4, -0.2) is 65.1 Å². The summed E-state index contributed by atoms with van der Waals surface area (Å²) in [5.41, 5.74) is -1.23. The number of aliphatic hydroxyl groups excluding tert-OH is 1. The van der Waals surface area contributed by atoms with Crippen molar-refractivity contribution in [1.82, 2.24) is 10.2 Å². The van der Waals surface area contributed by atoms with Crippen LogP contribution in [0.4, 0.5) is 4.79 Å². The van der Waals surface area contributed by atoms with E-state index in [4.69, 9.17) is 14.9 Å². The molecule has 0 bridgehead atoms. The van der Waals surface area contributed by atoms with Gasteiger partial charge in [0.25, 0.3) is 0 Å². The lowest BCUT2D eigenvalue weighted by Gasteiger charge is -2.34. The zero-order valence-corrected chi connectivity index (χ0v) is 12.1. The lowest BCUT2D eigenvalue weighted by Crippen LogP contribution is -2.57. The highest BCUT2D eigenvalue weighted by Crippen LogP contribution is 2.16. The average molecular weight is 288 g/mol. The second-order valence-electron chi connectivity index (χ2n) is 5.20. The van der Waals surface area contributed by atoms with E-state index in [9.17, 15) is 9.59 Å². The lowest BCUT2D eigenvalue weighted by molar-refractivity contribution is -0.143. The fourth-order valence-corrected chi connectivity index (χ4v) is 2.05. The number of carbonyl (C=O) groups excluding carboxylic acids is 1. The maximum absolute atomic E-state index is 12.1. The van der Waals surface area contributed by atoms with Gasteiger partial charge in [-0.25, -0.2) is 9.59 Å². The Morgan fingerprint density at radius 3 is 2.45 bits per heavy atom. The Hall–Kier alpha value is -1.34. The molecule has 20 heavy (non-hydrogen) atoms. The minimum atomic E-state index is -1.23. The number of likely N-dealkylation sites (tertiary alicyclic amines) is 1. The highest BCUT2D eigenvalue weighted by atomic mass is 16.5. The molecule has 0 spiro atoms. The van der Waals surface area contributed by atoms with Gasteiger partial charge in [-0.1, -0.05) is 6.92 Å². The Kier molecular flexibility index (Phi) is 6.22. The molecular weight excluding hydrogens is 264 g/mol. The fourth-order valence-electron chi connectivity index (χ4n) is 2.05.